The second-order valence-electron chi connectivity index (χ2n) is 5.68. The van der Waals surface area contributed by atoms with Crippen molar-refractivity contribution in [1.82, 2.24) is 4.90 Å². The number of aryl methyl sites for hydroxylation is 1. The van der Waals surface area contributed by atoms with E-state index in [2.05, 4.69) is 0 Å². The Kier molecular flexibility index (Phi) is 5.48. The number of rotatable bonds is 6. The highest BCUT2D eigenvalue weighted by Gasteiger charge is 2.24. The number of ether oxygens (including phenoxy) is 2. The van der Waals surface area contributed by atoms with Crippen molar-refractivity contribution in [2.75, 3.05) is 26.3 Å². The number of furan rings is 1. The maximum atomic E-state index is 12.9. The highest BCUT2D eigenvalue weighted by Crippen LogP contribution is 2.14. The molecule has 1 atom stereocenters. The number of morpholine rings is 1. The lowest BCUT2D eigenvalue weighted by atomic mass is 10.2. The van der Waals surface area contributed by atoms with Crippen LogP contribution < -0.4 is 4.74 Å². The number of halogens is 1. The van der Waals surface area contributed by atoms with Crippen molar-refractivity contribution in [3.05, 3.63) is 54.2 Å². The van der Waals surface area contributed by atoms with Gasteiger partial charge in [0.15, 0.2) is 0 Å². The fraction of sp³-hybridized carbons (Fsp3) is 0.389. The van der Waals surface area contributed by atoms with Gasteiger partial charge in [-0.3, -0.25) is 4.79 Å². The maximum Gasteiger partial charge on any atom is 0.223 e. The normalized spacial score (nSPS) is 17.7. The maximum absolute atomic E-state index is 12.9. The second-order valence-corrected chi connectivity index (χ2v) is 5.68. The summed E-state index contributed by atoms with van der Waals surface area (Å²) in [6, 6.07) is 9.53. The van der Waals surface area contributed by atoms with Crippen LogP contribution in [0.5, 0.6) is 5.75 Å². The summed E-state index contributed by atoms with van der Waals surface area (Å²) in [7, 11) is 0. The number of hydrogen-bond acceptors (Lipinski definition) is 4. The summed E-state index contributed by atoms with van der Waals surface area (Å²) in [6.45, 7) is 1.90. The minimum absolute atomic E-state index is 0.0847. The molecule has 0 aliphatic carbocycles. The Balaban J connectivity index is 1.45. The molecule has 0 radical (unpaired) electrons. The summed E-state index contributed by atoms with van der Waals surface area (Å²) < 4.78 is 29.4. The van der Waals surface area contributed by atoms with Gasteiger partial charge < -0.3 is 18.8 Å². The minimum Gasteiger partial charge on any atom is -0.491 e. The van der Waals surface area contributed by atoms with Crippen molar-refractivity contribution in [3.63, 3.8) is 0 Å². The van der Waals surface area contributed by atoms with Crippen LogP contribution in [-0.2, 0) is 16.0 Å². The van der Waals surface area contributed by atoms with E-state index in [1.54, 1.807) is 23.3 Å². The van der Waals surface area contributed by atoms with Crippen molar-refractivity contribution < 1.29 is 23.1 Å². The molecule has 3 rings (SSSR count). The smallest absolute Gasteiger partial charge is 0.223 e. The number of carbonyl (C=O) groups is 1. The van der Waals surface area contributed by atoms with Gasteiger partial charge in [0.25, 0.3) is 0 Å². The predicted molar refractivity (Wildman–Crippen MR) is 85.2 cm³/mol. The summed E-state index contributed by atoms with van der Waals surface area (Å²) in [5.74, 6) is 1.18. The molecule has 1 saturated heterocycles. The fourth-order valence-electron chi connectivity index (χ4n) is 2.61. The molecule has 1 fully saturated rings. The van der Waals surface area contributed by atoms with Crippen LogP contribution in [0.1, 0.15) is 12.2 Å². The van der Waals surface area contributed by atoms with E-state index >= 15 is 0 Å². The molecule has 1 aliphatic rings. The van der Waals surface area contributed by atoms with Gasteiger partial charge in [-0.2, -0.15) is 0 Å². The van der Waals surface area contributed by atoms with E-state index in [-0.39, 0.29) is 17.8 Å². The van der Waals surface area contributed by atoms with E-state index in [1.165, 1.54) is 12.1 Å². The molecular weight excluding hydrogens is 313 g/mol. The number of hydrogen-bond donors (Lipinski definition) is 0. The summed E-state index contributed by atoms with van der Waals surface area (Å²) in [5, 5.41) is 0. The van der Waals surface area contributed by atoms with Gasteiger partial charge in [0.05, 0.1) is 19.4 Å². The van der Waals surface area contributed by atoms with Crippen molar-refractivity contribution in [1.29, 1.82) is 0 Å². The van der Waals surface area contributed by atoms with Crippen LogP contribution in [0, 0.1) is 5.82 Å². The zero-order valence-electron chi connectivity index (χ0n) is 13.3. The fourth-order valence-corrected chi connectivity index (χ4v) is 2.61. The predicted octanol–water partition coefficient (Wildman–Crippen LogP) is 2.66. The Morgan fingerprint density at radius 2 is 2.12 bits per heavy atom. The third-order valence-corrected chi connectivity index (χ3v) is 3.91. The number of amides is 1. The SMILES string of the molecule is O=C(CCc1ccco1)N1CCOC(COc2ccc(F)cc2)C1. The topological polar surface area (TPSA) is 51.9 Å². The first-order valence-electron chi connectivity index (χ1n) is 8.01. The molecule has 1 unspecified atom stereocenters. The van der Waals surface area contributed by atoms with Gasteiger partial charge in [-0.05, 0) is 36.4 Å². The van der Waals surface area contributed by atoms with Gasteiger partial charge in [0, 0.05) is 19.4 Å². The Labute approximate surface area is 140 Å². The van der Waals surface area contributed by atoms with Crippen LogP contribution in [-0.4, -0.2) is 43.2 Å². The largest absolute Gasteiger partial charge is 0.491 e. The molecule has 128 valence electrons. The van der Waals surface area contributed by atoms with Crippen LogP contribution >= 0.6 is 0 Å². The van der Waals surface area contributed by atoms with Crippen molar-refractivity contribution in [2.45, 2.75) is 18.9 Å². The molecular formula is C18H20FNO4. The van der Waals surface area contributed by atoms with E-state index in [0.29, 0.717) is 44.9 Å². The van der Waals surface area contributed by atoms with Gasteiger partial charge in [0.1, 0.15) is 30.0 Å². The van der Waals surface area contributed by atoms with E-state index in [4.69, 9.17) is 13.9 Å². The standard InChI is InChI=1S/C18H20FNO4/c19-14-3-5-16(6-4-14)24-13-17-12-20(9-11-23-17)18(21)8-7-15-2-1-10-22-15/h1-6,10,17H,7-9,11-13H2. The molecule has 0 N–H and O–H groups in total. The number of benzene rings is 1. The van der Waals surface area contributed by atoms with Gasteiger partial charge in [-0.1, -0.05) is 0 Å². The van der Waals surface area contributed by atoms with Crippen LogP contribution in [0.15, 0.2) is 47.1 Å². The molecule has 1 amide bonds. The molecule has 5 nitrogen and oxygen atoms in total. The van der Waals surface area contributed by atoms with Crippen LogP contribution in [0.4, 0.5) is 4.39 Å². The lowest BCUT2D eigenvalue weighted by Crippen LogP contribution is -2.47. The van der Waals surface area contributed by atoms with Gasteiger partial charge in [0.2, 0.25) is 5.91 Å². The number of nitrogens with zero attached hydrogens (tertiary/aromatic N) is 1. The second kappa shape index (κ2) is 7.97. The van der Waals surface area contributed by atoms with E-state index in [1.807, 2.05) is 12.1 Å². The monoisotopic (exact) mass is 333 g/mol. The summed E-state index contributed by atoms with van der Waals surface area (Å²) in [6.07, 6.45) is 2.44. The zero-order valence-corrected chi connectivity index (χ0v) is 13.3. The lowest BCUT2D eigenvalue weighted by Gasteiger charge is -2.32. The van der Waals surface area contributed by atoms with Crippen LogP contribution in [0.3, 0.4) is 0 Å². The molecule has 1 aromatic carbocycles. The third kappa shape index (κ3) is 4.58. The van der Waals surface area contributed by atoms with Crippen LogP contribution in [0.2, 0.25) is 0 Å². The molecule has 2 heterocycles. The van der Waals surface area contributed by atoms with E-state index in [0.717, 1.165) is 5.76 Å². The van der Waals surface area contributed by atoms with Gasteiger partial charge >= 0.3 is 0 Å². The van der Waals surface area contributed by atoms with Crippen molar-refractivity contribution >= 4 is 5.91 Å². The molecule has 0 saturated carbocycles. The van der Waals surface area contributed by atoms with E-state index < -0.39 is 0 Å². The summed E-state index contributed by atoms with van der Waals surface area (Å²) in [4.78, 5) is 14.1. The van der Waals surface area contributed by atoms with Crippen molar-refractivity contribution in [2.24, 2.45) is 0 Å². The first kappa shape index (κ1) is 16.5. The first-order valence-corrected chi connectivity index (χ1v) is 8.01. The van der Waals surface area contributed by atoms with E-state index in [9.17, 15) is 9.18 Å². The van der Waals surface area contributed by atoms with Crippen molar-refractivity contribution in [3.8, 4) is 5.75 Å². The molecule has 6 heteroatoms. The summed E-state index contributed by atoms with van der Waals surface area (Å²) in [5.41, 5.74) is 0. The number of carbonyl (C=O) groups excluding carboxylic acids is 1. The van der Waals surface area contributed by atoms with Crippen LogP contribution in [0.25, 0.3) is 0 Å². The Morgan fingerprint density at radius 1 is 1.29 bits per heavy atom. The first-order chi connectivity index (χ1) is 11.7. The molecule has 24 heavy (non-hydrogen) atoms. The molecule has 1 aliphatic heterocycles. The third-order valence-electron chi connectivity index (χ3n) is 3.91. The molecule has 0 spiro atoms. The molecule has 0 bridgehead atoms. The summed E-state index contributed by atoms with van der Waals surface area (Å²) >= 11 is 0. The Bertz CT molecular complexity index is 642. The lowest BCUT2D eigenvalue weighted by molar-refractivity contribution is -0.139. The zero-order chi connectivity index (χ0) is 16.8. The Morgan fingerprint density at radius 3 is 2.88 bits per heavy atom. The molecule has 2 aromatic rings. The van der Waals surface area contributed by atoms with Gasteiger partial charge in [-0.15, -0.1) is 0 Å². The molecule has 1 aromatic heterocycles. The average molecular weight is 333 g/mol. The highest BCUT2D eigenvalue weighted by molar-refractivity contribution is 5.76. The minimum atomic E-state index is -0.301. The quantitative estimate of drug-likeness (QED) is 0.815. The van der Waals surface area contributed by atoms with Gasteiger partial charge in [-0.25, -0.2) is 4.39 Å². The highest BCUT2D eigenvalue weighted by atomic mass is 19.1. The average Bonchev–Trinajstić information content (AvgIpc) is 3.13. The Hall–Kier alpha value is -2.34.